The summed E-state index contributed by atoms with van der Waals surface area (Å²) in [6.07, 6.45) is 3.26. The highest BCUT2D eigenvalue weighted by atomic mass is 19.1. The summed E-state index contributed by atoms with van der Waals surface area (Å²) in [5.74, 6) is -0.672. The lowest BCUT2D eigenvalue weighted by Gasteiger charge is -2.08. The van der Waals surface area contributed by atoms with Crippen LogP contribution in [-0.4, -0.2) is 5.91 Å². The van der Waals surface area contributed by atoms with E-state index in [1.54, 1.807) is 12.1 Å². The summed E-state index contributed by atoms with van der Waals surface area (Å²) in [6.45, 7) is 1.87. The minimum absolute atomic E-state index is 0.232. The molecule has 0 fully saturated rings. The Bertz CT molecular complexity index is 679. The zero-order valence-electron chi connectivity index (χ0n) is 11.4. The molecule has 102 valence electrons. The van der Waals surface area contributed by atoms with E-state index in [9.17, 15) is 9.18 Å². The van der Waals surface area contributed by atoms with E-state index in [1.807, 2.05) is 25.1 Å². The molecule has 2 aromatic carbocycles. The molecule has 0 spiro atoms. The van der Waals surface area contributed by atoms with Crippen molar-refractivity contribution in [2.24, 2.45) is 0 Å². The summed E-state index contributed by atoms with van der Waals surface area (Å²) in [6, 6.07) is 10.4. The minimum atomic E-state index is -0.412. The fourth-order valence-corrected chi connectivity index (χ4v) is 2.64. The minimum Gasteiger partial charge on any atom is -0.319 e. The fraction of sp³-hybridized carbons (Fsp3) is 0.235. The van der Waals surface area contributed by atoms with Crippen LogP contribution in [-0.2, 0) is 12.8 Å². The lowest BCUT2D eigenvalue weighted by molar-refractivity contribution is 0.102. The van der Waals surface area contributed by atoms with Crippen LogP contribution in [0.3, 0.4) is 0 Å². The topological polar surface area (TPSA) is 29.1 Å². The van der Waals surface area contributed by atoms with E-state index in [4.69, 9.17) is 0 Å². The standard InChI is InChI=1S/C17H16FNO/c1-11-5-8-15(18)16(9-11)19-17(20)14-7-6-12-3-2-4-13(12)10-14/h5-10H,2-4H2,1H3,(H,19,20). The molecule has 3 rings (SSSR count). The lowest BCUT2D eigenvalue weighted by Crippen LogP contribution is -2.13. The van der Waals surface area contributed by atoms with Gasteiger partial charge in [-0.15, -0.1) is 0 Å². The number of carbonyl (C=O) groups excluding carboxylic acids is 1. The van der Waals surface area contributed by atoms with Crippen LogP contribution in [0.15, 0.2) is 36.4 Å². The summed E-state index contributed by atoms with van der Waals surface area (Å²) in [7, 11) is 0. The number of rotatable bonds is 2. The van der Waals surface area contributed by atoms with Gasteiger partial charge in [0.2, 0.25) is 0 Å². The van der Waals surface area contributed by atoms with Crippen LogP contribution in [0, 0.1) is 12.7 Å². The molecule has 1 amide bonds. The quantitative estimate of drug-likeness (QED) is 0.880. The van der Waals surface area contributed by atoms with E-state index in [2.05, 4.69) is 5.32 Å². The molecule has 0 aliphatic heterocycles. The van der Waals surface area contributed by atoms with Crippen LogP contribution < -0.4 is 5.32 Å². The van der Waals surface area contributed by atoms with Crippen LogP contribution in [0.25, 0.3) is 0 Å². The van der Waals surface area contributed by atoms with Gasteiger partial charge < -0.3 is 5.32 Å². The molecule has 0 unspecified atom stereocenters. The number of benzene rings is 2. The highest BCUT2D eigenvalue weighted by Gasteiger charge is 2.15. The summed E-state index contributed by atoms with van der Waals surface area (Å²) >= 11 is 0. The van der Waals surface area contributed by atoms with Crippen molar-refractivity contribution in [1.29, 1.82) is 0 Å². The molecule has 0 atom stereocenters. The van der Waals surface area contributed by atoms with Gasteiger partial charge in [0, 0.05) is 5.56 Å². The Morgan fingerprint density at radius 2 is 1.90 bits per heavy atom. The van der Waals surface area contributed by atoms with Gasteiger partial charge in [0.1, 0.15) is 5.82 Å². The van der Waals surface area contributed by atoms with Gasteiger partial charge in [0.15, 0.2) is 0 Å². The van der Waals surface area contributed by atoms with Crippen LogP contribution >= 0.6 is 0 Å². The van der Waals surface area contributed by atoms with Gasteiger partial charge in [-0.05, 0) is 67.1 Å². The van der Waals surface area contributed by atoms with Crippen molar-refractivity contribution in [3.05, 3.63) is 64.5 Å². The maximum atomic E-state index is 13.7. The van der Waals surface area contributed by atoms with E-state index in [0.29, 0.717) is 5.56 Å². The second-order valence-electron chi connectivity index (χ2n) is 5.27. The van der Waals surface area contributed by atoms with Crippen LogP contribution in [0.5, 0.6) is 0 Å². The van der Waals surface area contributed by atoms with Crippen LogP contribution in [0.4, 0.5) is 10.1 Å². The molecule has 1 aliphatic rings. The van der Waals surface area contributed by atoms with Crippen molar-refractivity contribution in [2.75, 3.05) is 5.32 Å². The Labute approximate surface area is 117 Å². The highest BCUT2D eigenvalue weighted by molar-refractivity contribution is 6.04. The van der Waals surface area contributed by atoms with Gasteiger partial charge in [-0.3, -0.25) is 4.79 Å². The summed E-state index contributed by atoms with van der Waals surface area (Å²) < 4.78 is 13.7. The Hall–Kier alpha value is -2.16. The van der Waals surface area contributed by atoms with Gasteiger partial charge in [0.25, 0.3) is 5.91 Å². The molecule has 0 aromatic heterocycles. The smallest absolute Gasteiger partial charge is 0.255 e. The maximum absolute atomic E-state index is 13.7. The number of hydrogen-bond acceptors (Lipinski definition) is 1. The molecular weight excluding hydrogens is 253 g/mol. The van der Waals surface area contributed by atoms with Gasteiger partial charge in [-0.2, -0.15) is 0 Å². The molecule has 1 aliphatic carbocycles. The number of aryl methyl sites for hydroxylation is 3. The molecule has 0 bridgehead atoms. The average molecular weight is 269 g/mol. The fourth-order valence-electron chi connectivity index (χ4n) is 2.64. The van der Waals surface area contributed by atoms with Gasteiger partial charge in [-0.25, -0.2) is 4.39 Å². The first kappa shape index (κ1) is 12.9. The predicted octanol–water partition coefficient (Wildman–Crippen LogP) is 3.88. The van der Waals surface area contributed by atoms with Gasteiger partial charge >= 0.3 is 0 Å². The van der Waals surface area contributed by atoms with E-state index >= 15 is 0 Å². The van der Waals surface area contributed by atoms with Crippen LogP contribution in [0.1, 0.15) is 33.5 Å². The third-order valence-electron chi connectivity index (χ3n) is 3.73. The molecule has 2 nitrogen and oxygen atoms in total. The third kappa shape index (κ3) is 2.44. The number of halogens is 1. The van der Waals surface area contributed by atoms with E-state index in [-0.39, 0.29) is 11.6 Å². The molecule has 0 saturated heterocycles. The number of anilines is 1. The number of carbonyl (C=O) groups is 1. The van der Waals surface area contributed by atoms with E-state index < -0.39 is 5.82 Å². The number of nitrogens with one attached hydrogen (secondary N) is 1. The zero-order valence-corrected chi connectivity index (χ0v) is 11.4. The Morgan fingerprint density at radius 1 is 1.10 bits per heavy atom. The summed E-state index contributed by atoms with van der Waals surface area (Å²) in [4.78, 5) is 12.2. The zero-order chi connectivity index (χ0) is 14.1. The number of hydrogen-bond donors (Lipinski definition) is 1. The molecule has 3 heteroatoms. The highest BCUT2D eigenvalue weighted by Crippen LogP contribution is 2.23. The first-order valence-electron chi connectivity index (χ1n) is 6.83. The molecule has 0 radical (unpaired) electrons. The number of fused-ring (bicyclic) bond motifs is 1. The Balaban J connectivity index is 1.84. The van der Waals surface area contributed by atoms with Crippen molar-refractivity contribution in [3.63, 3.8) is 0 Å². The molecule has 0 heterocycles. The SMILES string of the molecule is Cc1ccc(F)c(NC(=O)c2ccc3c(c2)CCC3)c1. The first-order valence-corrected chi connectivity index (χ1v) is 6.83. The predicted molar refractivity (Wildman–Crippen MR) is 77.6 cm³/mol. The second-order valence-corrected chi connectivity index (χ2v) is 5.27. The molecule has 0 saturated carbocycles. The second kappa shape index (κ2) is 5.08. The van der Waals surface area contributed by atoms with Crippen molar-refractivity contribution in [2.45, 2.75) is 26.2 Å². The van der Waals surface area contributed by atoms with E-state index in [1.165, 1.54) is 17.2 Å². The first-order chi connectivity index (χ1) is 9.63. The Kier molecular flexibility index (Phi) is 3.26. The normalized spacial score (nSPS) is 13.1. The molecule has 20 heavy (non-hydrogen) atoms. The number of amides is 1. The van der Waals surface area contributed by atoms with Crippen molar-refractivity contribution in [3.8, 4) is 0 Å². The Morgan fingerprint density at radius 3 is 2.75 bits per heavy atom. The lowest BCUT2D eigenvalue weighted by atomic mass is 10.1. The average Bonchev–Trinajstić information content (AvgIpc) is 2.90. The largest absolute Gasteiger partial charge is 0.319 e. The van der Waals surface area contributed by atoms with Crippen molar-refractivity contribution in [1.82, 2.24) is 0 Å². The third-order valence-corrected chi connectivity index (χ3v) is 3.73. The summed E-state index contributed by atoms with van der Waals surface area (Å²) in [5.41, 5.74) is 4.29. The van der Waals surface area contributed by atoms with Crippen molar-refractivity contribution >= 4 is 11.6 Å². The van der Waals surface area contributed by atoms with Gasteiger partial charge in [0.05, 0.1) is 5.69 Å². The van der Waals surface area contributed by atoms with E-state index in [0.717, 1.165) is 24.8 Å². The maximum Gasteiger partial charge on any atom is 0.255 e. The monoisotopic (exact) mass is 269 g/mol. The van der Waals surface area contributed by atoms with Crippen LogP contribution in [0.2, 0.25) is 0 Å². The molecule has 1 N–H and O–H groups in total. The summed E-state index contributed by atoms with van der Waals surface area (Å²) in [5, 5.41) is 2.64. The molecule has 2 aromatic rings. The van der Waals surface area contributed by atoms with Gasteiger partial charge in [-0.1, -0.05) is 12.1 Å². The van der Waals surface area contributed by atoms with Crippen molar-refractivity contribution < 1.29 is 9.18 Å². The molecular formula is C17H16FNO.